The van der Waals surface area contributed by atoms with Gasteiger partial charge in [-0.2, -0.15) is 10.1 Å². The van der Waals surface area contributed by atoms with E-state index in [0.29, 0.717) is 16.9 Å². The molecule has 0 spiro atoms. The molecular weight excluding hydrogens is 278 g/mol. The van der Waals surface area contributed by atoms with Gasteiger partial charge >= 0.3 is 0 Å². The number of nitrogens with zero attached hydrogens (tertiary/aromatic N) is 4. The molecule has 0 aliphatic rings. The van der Waals surface area contributed by atoms with Crippen molar-refractivity contribution in [3.05, 3.63) is 23.1 Å². The third kappa shape index (κ3) is 2.85. The van der Waals surface area contributed by atoms with Gasteiger partial charge in [-0.1, -0.05) is 11.6 Å². The summed E-state index contributed by atoms with van der Waals surface area (Å²) in [6.45, 7) is 8.28. The summed E-state index contributed by atoms with van der Waals surface area (Å²) in [6, 6.07) is 0. The molecular formula is C13H18ClN5O. The highest BCUT2D eigenvalue weighted by molar-refractivity contribution is 6.31. The monoisotopic (exact) mass is 295 g/mol. The number of anilines is 2. The molecule has 108 valence electrons. The summed E-state index contributed by atoms with van der Waals surface area (Å²) in [6.07, 6.45) is 3.25. The maximum atomic E-state index is 5.90. The van der Waals surface area contributed by atoms with Gasteiger partial charge in [-0.05, 0) is 27.7 Å². The van der Waals surface area contributed by atoms with Gasteiger partial charge in [-0.25, -0.2) is 4.98 Å². The van der Waals surface area contributed by atoms with E-state index in [2.05, 4.69) is 41.2 Å². The lowest BCUT2D eigenvalue weighted by Crippen LogP contribution is -2.24. The lowest BCUT2D eigenvalue weighted by atomic mass is 10.1. The van der Waals surface area contributed by atoms with Crippen molar-refractivity contribution in [1.82, 2.24) is 19.7 Å². The number of methoxy groups -OCH3 is 1. The van der Waals surface area contributed by atoms with Crippen LogP contribution in [0.2, 0.25) is 5.02 Å². The minimum atomic E-state index is -0.0808. The van der Waals surface area contributed by atoms with Crippen LogP contribution >= 0.6 is 11.6 Å². The molecule has 6 nitrogen and oxygen atoms in total. The van der Waals surface area contributed by atoms with E-state index in [0.717, 1.165) is 11.4 Å². The third-order valence-corrected chi connectivity index (χ3v) is 3.06. The predicted octanol–water partition coefficient (Wildman–Crippen LogP) is 3.14. The summed E-state index contributed by atoms with van der Waals surface area (Å²) < 4.78 is 7.02. The zero-order valence-corrected chi connectivity index (χ0v) is 13.0. The summed E-state index contributed by atoms with van der Waals surface area (Å²) in [5, 5.41) is 7.88. The summed E-state index contributed by atoms with van der Waals surface area (Å²) in [5.74, 6) is 0.757. The molecule has 20 heavy (non-hydrogen) atoms. The van der Waals surface area contributed by atoms with E-state index < -0.39 is 0 Å². The molecule has 2 aromatic rings. The molecule has 0 unspecified atom stereocenters. The lowest BCUT2D eigenvalue weighted by molar-refractivity contribution is 0.348. The molecule has 0 radical (unpaired) electrons. The Morgan fingerprint density at radius 3 is 2.55 bits per heavy atom. The van der Waals surface area contributed by atoms with E-state index in [-0.39, 0.29) is 5.54 Å². The topological polar surface area (TPSA) is 64.9 Å². The quantitative estimate of drug-likeness (QED) is 0.942. The maximum absolute atomic E-state index is 5.90. The average molecular weight is 296 g/mol. The first-order valence-corrected chi connectivity index (χ1v) is 6.59. The number of hydrogen-bond donors (Lipinski definition) is 1. The van der Waals surface area contributed by atoms with Crippen molar-refractivity contribution in [3.63, 3.8) is 0 Å². The van der Waals surface area contributed by atoms with Crippen molar-refractivity contribution in [2.75, 3.05) is 12.4 Å². The number of ether oxygens (including phenoxy) is 1. The second-order valence-electron chi connectivity index (χ2n) is 5.40. The first-order valence-electron chi connectivity index (χ1n) is 6.21. The summed E-state index contributed by atoms with van der Waals surface area (Å²) in [5.41, 5.74) is 1.78. The van der Waals surface area contributed by atoms with E-state index >= 15 is 0 Å². The van der Waals surface area contributed by atoms with Crippen molar-refractivity contribution in [2.24, 2.45) is 0 Å². The lowest BCUT2D eigenvalue weighted by Gasteiger charge is -2.21. The minimum absolute atomic E-state index is 0.0808. The Bertz CT molecular complexity index is 618. The minimum Gasteiger partial charge on any atom is -0.480 e. The third-order valence-electron chi connectivity index (χ3n) is 2.80. The smallest absolute Gasteiger partial charge is 0.237 e. The van der Waals surface area contributed by atoms with Crippen LogP contribution in [-0.4, -0.2) is 26.9 Å². The van der Waals surface area contributed by atoms with Crippen LogP contribution in [-0.2, 0) is 5.54 Å². The summed E-state index contributed by atoms with van der Waals surface area (Å²) in [7, 11) is 1.51. The zero-order chi connectivity index (χ0) is 14.9. The fraction of sp³-hybridized carbons (Fsp3) is 0.462. The number of rotatable bonds is 3. The van der Waals surface area contributed by atoms with Crippen LogP contribution in [0.3, 0.4) is 0 Å². The van der Waals surface area contributed by atoms with Gasteiger partial charge in [0.05, 0.1) is 36.4 Å². The molecule has 2 heterocycles. The Morgan fingerprint density at radius 2 is 2.00 bits per heavy atom. The van der Waals surface area contributed by atoms with Crippen LogP contribution in [0.1, 0.15) is 26.5 Å². The van der Waals surface area contributed by atoms with Crippen LogP contribution in [0, 0.1) is 6.92 Å². The number of halogens is 1. The number of aromatic nitrogens is 4. The van der Waals surface area contributed by atoms with Crippen LogP contribution in [0.5, 0.6) is 5.88 Å². The molecule has 0 aromatic carbocycles. The van der Waals surface area contributed by atoms with Crippen molar-refractivity contribution in [3.8, 4) is 5.88 Å². The van der Waals surface area contributed by atoms with Crippen molar-refractivity contribution >= 4 is 23.2 Å². The van der Waals surface area contributed by atoms with Crippen LogP contribution in [0.15, 0.2) is 12.4 Å². The predicted molar refractivity (Wildman–Crippen MR) is 78.8 cm³/mol. The molecule has 0 fully saturated rings. The van der Waals surface area contributed by atoms with Gasteiger partial charge in [-0.3, -0.25) is 4.68 Å². The first-order chi connectivity index (χ1) is 9.32. The Balaban J connectivity index is 2.29. The molecule has 7 heteroatoms. The molecule has 1 N–H and O–H groups in total. The van der Waals surface area contributed by atoms with E-state index in [1.54, 1.807) is 6.20 Å². The second kappa shape index (κ2) is 5.28. The highest BCUT2D eigenvalue weighted by Crippen LogP contribution is 2.26. The fourth-order valence-corrected chi connectivity index (χ4v) is 2.05. The molecule has 2 aromatic heterocycles. The van der Waals surface area contributed by atoms with Crippen LogP contribution in [0.4, 0.5) is 11.6 Å². The standard InChI is InChI=1S/C13H18ClN5O/c1-8-10(7-16-19(8)13(2,3)4)17-12-15-6-9(14)11(18-12)20-5/h6-7H,1-5H3,(H,15,17,18). The Hall–Kier alpha value is -1.82. The van der Waals surface area contributed by atoms with E-state index in [1.807, 2.05) is 11.6 Å². The van der Waals surface area contributed by atoms with Crippen molar-refractivity contribution < 1.29 is 4.74 Å². The SMILES string of the molecule is COc1nc(Nc2cnn(C(C)(C)C)c2C)ncc1Cl. The molecule has 0 aliphatic carbocycles. The normalized spacial score (nSPS) is 11.5. The second-order valence-corrected chi connectivity index (χ2v) is 5.81. The van der Waals surface area contributed by atoms with Crippen LogP contribution < -0.4 is 10.1 Å². The Morgan fingerprint density at radius 1 is 1.30 bits per heavy atom. The van der Waals surface area contributed by atoms with Crippen molar-refractivity contribution in [1.29, 1.82) is 0 Å². The molecule has 2 rings (SSSR count). The van der Waals surface area contributed by atoms with E-state index in [9.17, 15) is 0 Å². The number of hydrogen-bond acceptors (Lipinski definition) is 5. The zero-order valence-electron chi connectivity index (χ0n) is 12.2. The van der Waals surface area contributed by atoms with Gasteiger partial charge in [0.1, 0.15) is 5.02 Å². The molecule has 0 saturated carbocycles. The molecule has 0 bridgehead atoms. The fourth-order valence-electron chi connectivity index (χ4n) is 1.88. The molecule has 0 amide bonds. The number of nitrogens with one attached hydrogen (secondary N) is 1. The molecule has 0 saturated heterocycles. The van der Waals surface area contributed by atoms with Crippen LogP contribution in [0.25, 0.3) is 0 Å². The molecule has 0 atom stereocenters. The highest BCUT2D eigenvalue weighted by Gasteiger charge is 2.18. The van der Waals surface area contributed by atoms with Gasteiger partial charge in [0.15, 0.2) is 0 Å². The highest BCUT2D eigenvalue weighted by atomic mass is 35.5. The van der Waals surface area contributed by atoms with Gasteiger partial charge in [-0.15, -0.1) is 0 Å². The van der Waals surface area contributed by atoms with Gasteiger partial charge < -0.3 is 10.1 Å². The maximum Gasteiger partial charge on any atom is 0.237 e. The van der Waals surface area contributed by atoms with E-state index in [1.165, 1.54) is 13.3 Å². The Labute approximate surface area is 123 Å². The van der Waals surface area contributed by atoms with Gasteiger partial charge in [0.2, 0.25) is 11.8 Å². The van der Waals surface area contributed by atoms with Gasteiger partial charge in [0, 0.05) is 0 Å². The first kappa shape index (κ1) is 14.6. The van der Waals surface area contributed by atoms with Gasteiger partial charge in [0.25, 0.3) is 0 Å². The largest absolute Gasteiger partial charge is 0.480 e. The van der Waals surface area contributed by atoms with Crippen molar-refractivity contribution in [2.45, 2.75) is 33.2 Å². The molecule has 0 aliphatic heterocycles. The Kier molecular flexibility index (Phi) is 3.85. The summed E-state index contributed by atoms with van der Waals surface area (Å²) >= 11 is 5.90. The van der Waals surface area contributed by atoms with E-state index in [4.69, 9.17) is 16.3 Å². The summed E-state index contributed by atoms with van der Waals surface area (Å²) in [4.78, 5) is 8.31. The average Bonchev–Trinajstić information content (AvgIpc) is 2.73.